The topological polar surface area (TPSA) is 40.5 Å². The third kappa shape index (κ3) is 1.61. The summed E-state index contributed by atoms with van der Waals surface area (Å²) in [5.74, 6) is 0.0339. The summed E-state index contributed by atoms with van der Waals surface area (Å²) < 4.78 is 0. The van der Waals surface area contributed by atoms with E-state index in [0.717, 1.165) is 5.19 Å². The van der Waals surface area contributed by atoms with Crippen molar-refractivity contribution < 1.29 is 10.2 Å². The Morgan fingerprint density at radius 3 is 2.08 bits per heavy atom. The molecule has 0 fully saturated rings. The Labute approximate surface area is 73.5 Å². The molecule has 0 atom stereocenters. The first kappa shape index (κ1) is 9.13. The van der Waals surface area contributed by atoms with Gasteiger partial charge < -0.3 is 10.2 Å². The summed E-state index contributed by atoms with van der Waals surface area (Å²) in [5.41, 5.74) is 0. The molecule has 1 aromatic carbocycles. The van der Waals surface area contributed by atoms with E-state index in [9.17, 15) is 10.2 Å². The maximum absolute atomic E-state index is 9.52. The van der Waals surface area contributed by atoms with Crippen LogP contribution < -0.4 is 5.19 Å². The zero-order valence-electron chi connectivity index (χ0n) is 7.63. The molecule has 2 N–H and O–H groups in total. The molecule has 12 heavy (non-hydrogen) atoms. The van der Waals surface area contributed by atoms with Crippen molar-refractivity contribution in [1.29, 1.82) is 0 Å². The van der Waals surface area contributed by atoms with Crippen LogP contribution in [-0.4, -0.2) is 18.3 Å². The monoisotopic (exact) mass is 182 g/mol. The van der Waals surface area contributed by atoms with Crippen LogP contribution in [0.5, 0.6) is 11.5 Å². The van der Waals surface area contributed by atoms with Crippen molar-refractivity contribution in [1.82, 2.24) is 0 Å². The number of hydrogen-bond donors (Lipinski definition) is 2. The van der Waals surface area contributed by atoms with Gasteiger partial charge in [-0.25, -0.2) is 0 Å². The number of hydrogen-bond acceptors (Lipinski definition) is 2. The van der Waals surface area contributed by atoms with Gasteiger partial charge in [0.2, 0.25) is 0 Å². The van der Waals surface area contributed by atoms with Crippen LogP contribution in [0.1, 0.15) is 0 Å². The lowest BCUT2D eigenvalue weighted by molar-refractivity contribution is 0.406. The Morgan fingerprint density at radius 1 is 1.08 bits per heavy atom. The van der Waals surface area contributed by atoms with Crippen LogP contribution in [0.25, 0.3) is 0 Å². The van der Waals surface area contributed by atoms with Crippen LogP contribution in [-0.2, 0) is 0 Å². The highest BCUT2D eigenvalue weighted by Crippen LogP contribution is 2.23. The van der Waals surface area contributed by atoms with E-state index < -0.39 is 8.07 Å². The average molecular weight is 182 g/mol. The normalized spacial score (nSPS) is 11.6. The molecule has 0 aliphatic carbocycles. The second kappa shape index (κ2) is 2.82. The molecule has 0 bridgehead atoms. The van der Waals surface area contributed by atoms with Crippen LogP contribution in [0.2, 0.25) is 19.6 Å². The summed E-state index contributed by atoms with van der Waals surface area (Å²) in [6, 6.07) is 5.14. The maximum Gasteiger partial charge on any atom is 0.157 e. The Bertz CT molecular complexity index is 289. The van der Waals surface area contributed by atoms with E-state index in [4.69, 9.17) is 0 Å². The number of rotatable bonds is 1. The standard InChI is InChI=1S/C9H14O2Si/c1-12(2,3)8-6-4-5-7(10)9(8)11/h4-6,10-11H,1-3H3. The van der Waals surface area contributed by atoms with E-state index in [1.54, 1.807) is 6.07 Å². The lowest BCUT2D eigenvalue weighted by atomic mass is 10.3. The van der Waals surface area contributed by atoms with Crippen LogP contribution in [0.4, 0.5) is 0 Å². The summed E-state index contributed by atoms with van der Waals surface area (Å²) in [6.07, 6.45) is 0. The minimum Gasteiger partial charge on any atom is -0.504 e. The SMILES string of the molecule is C[Si](C)(C)c1cccc(O)c1O. The van der Waals surface area contributed by atoms with E-state index in [2.05, 4.69) is 19.6 Å². The molecule has 0 radical (unpaired) electrons. The van der Waals surface area contributed by atoms with E-state index in [1.165, 1.54) is 6.07 Å². The molecule has 0 aliphatic rings. The Balaban J connectivity index is 3.26. The van der Waals surface area contributed by atoms with Crippen LogP contribution in [0, 0.1) is 0 Å². The van der Waals surface area contributed by atoms with Crippen molar-refractivity contribution in [3.8, 4) is 11.5 Å². The lowest BCUT2D eigenvalue weighted by Gasteiger charge is -2.18. The molecule has 1 rings (SSSR count). The molecule has 0 aliphatic heterocycles. The van der Waals surface area contributed by atoms with Gasteiger partial charge in [-0.3, -0.25) is 0 Å². The van der Waals surface area contributed by atoms with Gasteiger partial charge in [-0.15, -0.1) is 0 Å². The molecule has 0 saturated heterocycles. The summed E-state index contributed by atoms with van der Waals surface area (Å²) in [4.78, 5) is 0. The first-order chi connectivity index (χ1) is 5.43. The van der Waals surface area contributed by atoms with Gasteiger partial charge in [-0.2, -0.15) is 0 Å². The van der Waals surface area contributed by atoms with Gasteiger partial charge in [0.25, 0.3) is 0 Å². The summed E-state index contributed by atoms with van der Waals surface area (Å²) in [7, 11) is -1.52. The van der Waals surface area contributed by atoms with Gasteiger partial charge in [-0.05, 0) is 11.3 Å². The molecular formula is C9H14O2Si. The van der Waals surface area contributed by atoms with Crippen LogP contribution >= 0.6 is 0 Å². The number of aromatic hydroxyl groups is 2. The second-order valence-electron chi connectivity index (χ2n) is 3.92. The van der Waals surface area contributed by atoms with Crippen molar-refractivity contribution in [2.45, 2.75) is 19.6 Å². The van der Waals surface area contributed by atoms with Gasteiger partial charge in [0, 0.05) is 0 Å². The molecule has 0 aromatic heterocycles. The molecule has 3 heteroatoms. The average Bonchev–Trinajstić information content (AvgIpc) is 1.92. The second-order valence-corrected chi connectivity index (χ2v) is 8.96. The molecule has 2 nitrogen and oxygen atoms in total. The van der Waals surface area contributed by atoms with Gasteiger partial charge in [0.05, 0.1) is 8.07 Å². The predicted molar refractivity (Wildman–Crippen MR) is 52.8 cm³/mol. The zero-order chi connectivity index (χ0) is 9.35. The van der Waals surface area contributed by atoms with Crippen molar-refractivity contribution >= 4 is 13.3 Å². The molecule has 1 aromatic rings. The minimum absolute atomic E-state index is 0.0186. The summed E-state index contributed by atoms with van der Waals surface area (Å²) in [6.45, 7) is 6.38. The summed E-state index contributed by atoms with van der Waals surface area (Å²) >= 11 is 0. The van der Waals surface area contributed by atoms with Crippen LogP contribution in [0.15, 0.2) is 18.2 Å². The Kier molecular flexibility index (Phi) is 2.15. The first-order valence-corrected chi connectivity index (χ1v) is 7.44. The highest BCUT2D eigenvalue weighted by atomic mass is 28.3. The van der Waals surface area contributed by atoms with Gasteiger partial charge >= 0.3 is 0 Å². The molecule has 0 saturated carbocycles. The van der Waals surface area contributed by atoms with Gasteiger partial charge in [-0.1, -0.05) is 31.8 Å². The van der Waals surface area contributed by atoms with E-state index in [0.29, 0.717) is 0 Å². The van der Waals surface area contributed by atoms with E-state index in [-0.39, 0.29) is 11.5 Å². The zero-order valence-corrected chi connectivity index (χ0v) is 8.63. The lowest BCUT2D eigenvalue weighted by Crippen LogP contribution is -2.37. The van der Waals surface area contributed by atoms with Gasteiger partial charge in [0.1, 0.15) is 0 Å². The number of phenols is 2. The number of phenolic OH excluding ortho intramolecular Hbond substituents is 2. The predicted octanol–water partition coefficient (Wildman–Crippen LogP) is 1.64. The molecule has 0 unspecified atom stereocenters. The molecule has 66 valence electrons. The molecular weight excluding hydrogens is 168 g/mol. The fraction of sp³-hybridized carbons (Fsp3) is 0.333. The van der Waals surface area contributed by atoms with Crippen molar-refractivity contribution in [3.05, 3.63) is 18.2 Å². The third-order valence-corrected chi connectivity index (χ3v) is 3.84. The van der Waals surface area contributed by atoms with Gasteiger partial charge in [0.15, 0.2) is 11.5 Å². The van der Waals surface area contributed by atoms with Crippen LogP contribution in [0.3, 0.4) is 0 Å². The number of para-hydroxylation sites is 1. The summed E-state index contributed by atoms with van der Waals surface area (Å²) in [5, 5.41) is 19.7. The first-order valence-electron chi connectivity index (χ1n) is 3.94. The fourth-order valence-electron chi connectivity index (χ4n) is 1.14. The van der Waals surface area contributed by atoms with Crippen molar-refractivity contribution in [3.63, 3.8) is 0 Å². The van der Waals surface area contributed by atoms with E-state index in [1.807, 2.05) is 6.07 Å². The Hall–Kier alpha value is -0.963. The quantitative estimate of drug-likeness (QED) is 0.512. The molecule has 0 amide bonds. The maximum atomic E-state index is 9.52. The molecule has 0 heterocycles. The smallest absolute Gasteiger partial charge is 0.157 e. The molecule has 0 spiro atoms. The largest absolute Gasteiger partial charge is 0.504 e. The Morgan fingerprint density at radius 2 is 1.67 bits per heavy atom. The highest BCUT2D eigenvalue weighted by Gasteiger charge is 2.21. The number of benzene rings is 1. The van der Waals surface area contributed by atoms with Crippen molar-refractivity contribution in [2.75, 3.05) is 0 Å². The third-order valence-electron chi connectivity index (χ3n) is 1.82. The minimum atomic E-state index is -1.52. The van der Waals surface area contributed by atoms with E-state index >= 15 is 0 Å². The fourth-order valence-corrected chi connectivity index (χ4v) is 2.57. The van der Waals surface area contributed by atoms with Crippen molar-refractivity contribution in [2.24, 2.45) is 0 Å². The highest BCUT2D eigenvalue weighted by molar-refractivity contribution is 6.89.